The quantitative estimate of drug-likeness (QED) is 0.467. The first-order valence-corrected chi connectivity index (χ1v) is 5.22. The predicted octanol–water partition coefficient (Wildman–Crippen LogP) is 2.57. The lowest BCUT2D eigenvalue weighted by Crippen LogP contribution is -2.27. The molecule has 3 N–H and O–H groups in total. The molecule has 1 rings (SSSR count). The van der Waals surface area contributed by atoms with Gasteiger partial charge in [0.15, 0.2) is 0 Å². The third-order valence-corrected chi connectivity index (χ3v) is 2.78. The number of nitrogens with one attached hydrogen (secondary N) is 1. The Labute approximate surface area is 95.8 Å². The van der Waals surface area contributed by atoms with Crippen molar-refractivity contribution < 1.29 is 0 Å². The second-order valence-electron chi connectivity index (χ2n) is 3.47. The Balaban J connectivity index is 2.83. The van der Waals surface area contributed by atoms with Crippen molar-refractivity contribution in [2.75, 3.05) is 0 Å². The number of halogens is 1. The molecule has 15 heavy (non-hydrogen) atoms. The van der Waals surface area contributed by atoms with Crippen LogP contribution in [0.4, 0.5) is 0 Å². The van der Waals surface area contributed by atoms with Crippen LogP contribution in [0.2, 0.25) is 5.02 Å². The van der Waals surface area contributed by atoms with Crippen LogP contribution in [0.25, 0.3) is 0 Å². The van der Waals surface area contributed by atoms with Gasteiger partial charge in [-0.25, -0.2) is 0 Å². The predicted molar refractivity (Wildman–Crippen MR) is 64.3 cm³/mol. The Morgan fingerprint density at radius 3 is 2.87 bits per heavy atom. The second kappa shape index (κ2) is 5.77. The molecule has 0 spiro atoms. The highest BCUT2D eigenvalue weighted by atomic mass is 35.5. The number of hydrogen-bond acceptors (Lipinski definition) is 2. The summed E-state index contributed by atoms with van der Waals surface area (Å²) in [6.45, 7) is 1.97. The molecular weight excluding hydrogens is 208 g/mol. The second-order valence-corrected chi connectivity index (χ2v) is 3.88. The largest absolute Gasteiger partial charge is 0.271 e. The monoisotopic (exact) mass is 222 g/mol. The van der Waals surface area contributed by atoms with E-state index in [9.17, 15) is 0 Å². The van der Waals surface area contributed by atoms with Crippen LogP contribution < -0.4 is 11.3 Å². The Kier molecular flexibility index (Phi) is 4.64. The van der Waals surface area contributed by atoms with E-state index >= 15 is 0 Å². The maximum Gasteiger partial charge on any atom is 0.0469 e. The van der Waals surface area contributed by atoms with Crippen LogP contribution in [0.5, 0.6) is 0 Å². The summed E-state index contributed by atoms with van der Waals surface area (Å²) in [4.78, 5) is 0. The molecule has 1 unspecified atom stereocenters. The lowest BCUT2D eigenvalue weighted by atomic mass is 10.0. The first-order chi connectivity index (χ1) is 7.19. The summed E-state index contributed by atoms with van der Waals surface area (Å²) in [5, 5.41) is 0.758. The van der Waals surface area contributed by atoms with Crippen molar-refractivity contribution in [3.05, 3.63) is 34.3 Å². The molecule has 0 aromatic heterocycles. The van der Waals surface area contributed by atoms with E-state index in [2.05, 4.69) is 11.3 Å². The molecule has 1 aromatic rings. The Morgan fingerprint density at radius 1 is 1.60 bits per heavy atom. The first-order valence-electron chi connectivity index (χ1n) is 4.84. The highest BCUT2D eigenvalue weighted by Crippen LogP contribution is 2.23. The SMILES string of the molecule is C#CCCC(NN)c1ccc(C)c(Cl)c1. The van der Waals surface area contributed by atoms with Gasteiger partial charge in [0.2, 0.25) is 0 Å². The van der Waals surface area contributed by atoms with E-state index < -0.39 is 0 Å². The Hall–Kier alpha value is -1.01. The van der Waals surface area contributed by atoms with Crippen LogP contribution in [-0.4, -0.2) is 0 Å². The van der Waals surface area contributed by atoms with Crippen molar-refractivity contribution in [3.63, 3.8) is 0 Å². The fourth-order valence-electron chi connectivity index (χ4n) is 1.40. The van der Waals surface area contributed by atoms with Gasteiger partial charge in [-0.3, -0.25) is 11.3 Å². The summed E-state index contributed by atoms with van der Waals surface area (Å²) in [6, 6.07) is 6.00. The highest BCUT2D eigenvalue weighted by molar-refractivity contribution is 6.31. The third kappa shape index (κ3) is 3.24. The zero-order chi connectivity index (χ0) is 11.3. The molecule has 1 atom stereocenters. The molecule has 0 saturated carbocycles. The van der Waals surface area contributed by atoms with E-state index in [1.807, 2.05) is 25.1 Å². The summed E-state index contributed by atoms with van der Waals surface area (Å²) < 4.78 is 0. The van der Waals surface area contributed by atoms with E-state index in [4.69, 9.17) is 23.9 Å². The zero-order valence-electron chi connectivity index (χ0n) is 8.76. The molecule has 2 nitrogen and oxygen atoms in total. The molecule has 1 aromatic carbocycles. The number of terminal acetylenes is 1. The molecule has 0 amide bonds. The lowest BCUT2D eigenvalue weighted by Gasteiger charge is -2.15. The van der Waals surface area contributed by atoms with E-state index in [-0.39, 0.29) is 6.04 Å². The van der Waals surface area contributed by atoms with Gasteiger partial charge in [-0.1, -0.05) is 23.7 Å². The molecular formula is C12H15ClN2. The zero-order valence-corrected chi connectivity index (χ0v) is 9.51. The molecule has 0 radical (unpaired) electrons. The Morgan fingerprint density at radius 2 is 2.33 bits per heavy atom. The molecule has 0 bridgehead atoms. The number of aryl methyl sites for hydroxylation is 1. The van der Waals surface area contributed by atoms with Gasteiger partial charge in [-0.05, 0) is 30.5 Å². The molecule has 80 valence electrons. The minimum Gasteiger partial charge on any atom is -0.271 e. The van der Waals surface area contributed by atoms with Crippen LogP contribution in [0.3, 0.4) is 0 Å². The number of benzene rings is 1. The van der Waals surface area contributed by atoms with E-state index in [1.54, 1.807) is 0 Å². The van der Waals surface area contributed by atoms with Gasteiger partial charge in [0.1, 0.15) is 0 Å². The van der Waals surface area contributed by atoms with Gasteiger partial charge in [-0.15, -0.1) is 12.3 Å². The van der Waals surface area contributed by atoms with Gasteiger partial charge in [-0.2, -0.15) is 0 Å². The maximum atomic E-state index is 6.04. The van der Waals surface area contributed by atoms with E-state index in [0.717, 1.165) is 22.6 Å². The third-order valence-electron chi connectivity index (χ3n) is 2.38. The fraction of sp³-hybridized carbons (Fsp3) is 0.333. The summed E-state index contributed by atoms with van der Waals surface area (Å²) in [7, 11) is 0. The number of hydrogen-bond donors (Lipinski definition) is 2. The van der Waals surface area contributed by atoms with Crippen LogP contribution >= 0.6 is 11.6 Å². The number of hydrazine groups is 1. The number of nitrogens with two attached hydrogens (primary N) is 1. The van der Waals surface area contributed by atoms with Crippen molar-refractivity contribution in [2.45, 2.75) is 25.8 Å². The standard InChI is InChI=1S/C12H15ClN2/c1-3-4-5-12(15-14)10-7-6-9(2)11(13)8-10/h1,6-8,12,15H,4-5,14H2,2H3. The molecule has 3 heteroatoms. The lowest BCUT2D eigenvalue weighted by molar-refractivity contribution is 0.524. The highest BCUT2D eigenvalue weighted by Gasteiger charge is 2.09. The molecule has 0 fully saturated rings. The first kappa shape index (κ1) is 12.1. The number of rotatable bonds is 4. The molecule has 0 saturated heterocycles. The normalized spacial score (nSPS) is 12.1. The maximum absolute atomic E-state index is 6.04. The van der Waals surface area contributed by atoms with Gasteiger partial charge in [0, 0.05) is 17.5 Å². The summed E-state index contributed by atoms with van der Waals surface area (Å²) in [5.41, 5.74) is 4.88. The minimum absolute atomic E-state index is 0.0687. The topological polar surface area (TPSA) is 38.0 Å². The fourth-order valence-corrected chi connectivity index (χ4v) is 1.59. The summed E-state index contributed by atoms with van der Waals surface area (Å²) >= 11 is 6.04. The molecule has 0 heterocycles. The van der Waals surface area contributed by atoms with Gasteiger partial charge < -0.3 is 0 Å². The molecule has 0 aliphatic rings. The molecule has 0 aliphatic heterocycles. The average molecular weight is 223 g/mol. The summed E-state index contributed by atoms with van der Waals surface area (Å²) in [5.74, 6) is 8.07. The average Bonchev–Trinajstić information content (AvgIpc) is 2.24. The van der Waals surface area contributed by atoms with E-state index in [1.165, 1.54) is 0 Å². The van der Waals surface area contributed by atoms with Crippen molar-refractivity contribution in [1.82, 2.24) is 5.43 Å². The smallest absolute Gasteiger partial charge is 0.0469 e. The van der Waals surface area contributed by atoms with Gasteiger partial charge >= 0.3 is 0 Å². The Bertz CT molecular complexity index is 368. The van der Waals surface area contributed by atoms with E-state index in [0.29, 0.717) is 6.42 Å². The van der Waals surface area contributed by atoms with Crippen LogP contribution in [-0.2, 0) is 0 Å². The van der Waals surface area contributed by atoms with Crippen molar-refractivity contribution in [2.24, 2.45) is 5.84 Å². The van der Waals surface area contributed by atoms with Crippen molar-refractivity contribution in [3.8, 4) is 12.3 Å². The van der Waals surface area contributed by atoms with Crippen molar-refractivity contribution in [1.29, 1.82) is 0 Å². The van der Waals surface area contributed by atoms with Gasteiger partial charge in [0.05, 0.1) is 0 Å². The molecule has 0 aliphatic carbocycles. The van der Waals surface area contributed by atoms with Crippen LogP contribution in [0.15, 0.2) is 18.2 Å². The van der Waals surface area contributed by atoms with Crippen molar-refractivity contribution >= 4 is 11.6 Å². The van der Waals surface area contributed by atoms with Crippen LogP contribution in [0, 0.1) is 19.3 Å². The minimum atomic E-state index is 0.0687. The summed E-state index contributed by atoms with van der Waals surface area (Å²) in [6.07, 6.45) is 6.73. The van der Waals surface area contributed by atoms with Gasteiger partial charge in [0.25, 0.3) is 0 Å². The van der Waals surface area contributed by atoms with Crippen LogP contribution in [0.1, 0.15) is 30.0 Å².